The van der Waals surface area contributed by atoms with Gasteiger partial charge >= 0.3 is 5.97 Å². The van der Waals surface area contributed by atoms with Crippen LogP contribution in [0.4, 0.5) is 0 Å². The predicted octanol–water partition coefficient (Wildman–Crippen LogP) is 2.08. The van der Waals surface area contributed by atoms with Crippen LogP contribution in [0.2, 0.25) is 0 Å². The fraction of sp³-hybridized carbons (Fsp3) is 0.909. The Hall–Kier alpha value is -0.220. The number of aliphatic hydroxyl groups excluding tert-OH is 1. The highest BCUT2D eigenvalue weighted by molar-refractivity contribution is 7.98. The second-order valence-corrected chi connectivity index (χ2v) is 4.61. The Morgan fingerprint density at radius 1 is 1.47 bits per heavy atom. The lowest BCUT2D eigenvalue weighted by Crippen LogP contribution is -2.29. The van der Waals surface area contributed by atoms with Crippen molar-refractivity contribution in [1.82, 2.24) is 0 Å². The molecule has 0 aliphatic heterocycles. The highest BCUT2D eigenvalue weighted by atomic mass is 32.2. The Morgan fingerprint density at radius 2 is 2.13 bits per heavy atom. The van der Waals surface area contributed by atoms with Crippen molar-refractivity contribution in [2.75, 3.05) is 19.1 Å². The number of hydrogen-bond acceptors (Lipinski definition) is 4. The number of aliphatic hydroxyl groups is 1. The summed E-state index contributed by atoms with van der Waals surface area (Å²) in [6.45, 7) is 2.07. The zero-order valence-corrected chi connectivity index (χ0v) is 10.7. The van der Waals surface area contributed by atoms with Gasteiger partial charge in [-0.25, -0.2) is 0 Å². The summed E-state index contributed by atoms with van der Waals surface area (Å²) in [5.74, 6) is 0.250. The van der Waals surface area contributed by atoms with Gasteiger partial charge in [-0.2, -0.15) is 11.8 Å². The first-order valence-electron chi connectivity index (χ1n) is 5.42. The minimum absolute atomic E-state index is 0.281. The number of thioether (sulfide) groups is 1. The van der Waals surface area contributed by atoms with Gasteiger partial charge in [0.25, 0.3) is 0 Å². The average molecular weight is 234 g/mol. The zero-order chi connectivity index (χ0) is 11.7. The SMILES string of the molecule is CCCCC(C(=O)OC)C(O)CCSC. The Morgan fingerprint density at radius 3 is 2.60 bits per heavy atom. The van der Waals surface area contributed by atoms with E-state index < -0.39 is 6.10 Å². The molecule has 0 heterocycles. The van der Waals surface area contributed by atoms with Crippen molar-refractivity contribution in [1.29, 1.82) is 0 Å². The monoisotopic (exact) mass is 234 g/mol. The summed E-state index contributed by atoms with van der Waals surface area (Å²) in [5, 5.41) is 9.85. The smallest absolute Gasteiger partial charge is 0.311 e. The molecule has 3 nitrogen and oxygen atoms in total. The van der Waals surface area contributed by atoms with Crippen LogP contribution in [0, 0.1) is 5.92 Å². The van der Waals surface area contributed by atoms with Crippen molar-refractivity contribution in [2.45, 2.75) is 38.7 Å². The minimum atomic E-state index is -0.559. The molecule has 15 heavy (non-hydrogen) atoms. The Bertz CT molecular complexity index is 173. The molecular weight excluding hydrogens is 212 g/mol. The Kier molecular flexibility index (Phi) is 8.91. The molecule has 0 aliphatic carbocycles. The van der Waals surface area contributed by atoms with Crippen LogP contribution in [0.1, 0.15) is 32.6 Å². The van der Waals surface area contributed by atoms with Crippen LogP contribution < -0.4 is 0 Å². The topological polar surface area (TPSA) is 46.5 Å². The van der Waals surface area contributed by atoms with E-state index in [1.807, 2.05) is 6.26 Å². The molecule has 1 N–H and O–H groups in total. The van der Waals surface area contributed by atoms with Crippen LogP contribution in [0.25, 0.3) is 0 Å². The van der Waals surface area contributed by atoms with Gasteiger partial charge in [0.1, 0.15) is 0 Å². The van der Waals surface area contributed by atoms with Gasteiger partial charge in [0, 0.05) is 0 Å². The predicted molar refractivity (Wildman–Crippen MR) is 64.0 cm³/mol. The first kappa shape index (κ1) is 14.8. The molecule has 90 valence electrons. The maximum absolute atomic E-state index is 11.4. The first-order valence-corrected chi connectivity index (χ1v) is 6.81. The molecule has 0 saturated heterocycles. The summed E-state index contributed by atoms with van der Waals surface area (Å²) in [4.78, 5) is 11.4. The van der Waals surface area contributed by atoms with E-state index in [0.29, 0.717) is 6.42 Å². The molecule has 2 unspecified atom stereocenters. The number of esters is 1. The van der Waals surface area contributed by atoms with Gasteiger partial charge in [-0.3, -0.25) is 4.79 Å². The summed E-state index contributed by atoms with van der Waals surface area (Å²) in [6, 6.07) is 0. The second kappa shape index (κ2) is 9.04. The molecule has 0 aliphatic rings. The molecule has 0 fully saturated rings. The lowest BCUT2D eigenvalue weighted by Gasteiger charge is -2.20. The van der Waals surface area contributed by atoms with Gasteiger partial charge in [0.2, 0.25) is 0 Å². The van der Waals surface area contributed by atoms with Gasteiger partial charge in [-0.05, 0) is 24.9 Å². The molecule has 0 aromatic heterocycles. The number of rotatable bonds is 8. The Labute approximate surface area is 96.6 Å². The maximum atomic E-state index is 11.4. The molecule has 0 spiro atoms. The van der Waals surface area contributed by atoms with E-state index in [1.165, 1.54) is 7.11 Å². The van der Waals surface area contributed by atoms with Crippen LogP contribution in [0.3, 0.4) is 0 Å². The third-order valence-electron chi connectivity index (χ3n) is 2.45. The van der Waals surface area contributed by atoms with Crippen molar-refractivity contribution in [3.63, 3.8) is 0 Å². The lowest BCUT2D eigenvalue weighted by atomic mass is 9.94. The maximum Gasteiger partial charge on any atom is 0.311 e. The zero-order valence-electron chi connectivity index (χ0n) is 9.86. The van der Waals surface area contributed by atoms with Crippen molar-refractivity contribution in [3.05, 3.63) is 0 Å². The molecule has 0 radical (unpaired) electrons. The van der Waals surface area contributed by atoms with Crippen molar-refractivity contribution in [3.8, 4) is 0 Å². The molecule has 0 aromatic carbocycles. The van der Waals surface area contributed by atoms with Gasteiger partial charge in [-0.15, -0.1) is 0 Å². The summed E-state index contributed by atoms with van der Waals surface area (Å²) >= 11 is 1.68. The van der Waals surface area contributed by atoms with Gasteiger partial charge < -0.3 is 9.84 Å². The molecular formula is C11H22O3S. The first-order chi connectivity index (χ1) is 7.17. The second-order valence-electron chi connectivity index (χ2n) is 3.62. The van der Waals surface area contributed by atoms with Crippen LogP contribution in [0.15, 0.2) is 0 Å². The van der Waals surface area contributed by atoms with Gasteiger partial charge in [0.15, 0.2) is 0 Å². The molecule has 0 bridgehead atoms. The normalized spacial score (nSPS) is 14.7. The summed E-state index contributed by atoms with van der Waals surface area (Å²) in [6.07, 6.45) is 4.80. The highest BCUT2D eigenvalue weighted by Crippen LogP contribution is 2.18. The average Bonchev–Trinajstić information content (AvgIpc) is 2.26. The van der Waals surface area contributed by atoms with Crippen LogP contribution in [0.5, 0.6) is 0 Å². The van der Waals surface area contributed by atoms with Crippen molar-refractivity contribution in [2.24, 2.45) is 5.92 Å². The van der Waals surface area contributed by atoms with E-state index in [-0.39, 0.29) is 11.9 Å². The van der Waals surface area contributed by atoms with Crippen LogP contribution in [-0.4, -0.2) is 36.3 Å². The number of ether oxygens (including phenoxy) is 1. The van der Waals surface area contributed by atoms with Crippen LogP contribution in [-0.2, 0) is 9.53 Å². The highest BCUT2D eigenvalue weighted by Gasteiger charge is 2.26. The fourth-order valence-electron chi connectivity index (χ4n) is 1.48. The van der Waals surface area contributed by atoms with Crippen molar-refractivity contribution < 1.29 is 14.6 Å². The molecule has 0 aromatic rings. The molecule has 0 amide bonds. The fourth-order valence-corrected chi connectivity index (χ4v) is 1.96. The molecule has 2 atom stereocenters. The van der Waals surface area contributed by atoms with E-state index in [2.05, 4.69) is 6.92 Å². The number of unbranched alkanes of at least 4 members (excludes halogenated alkanes) is 1. The molecule has 0 saturated carbocycles. The van der Waals surface area contributed by atoms with Gasteiger partial charge in [-0.1, -0.05) is 19.8 Å². The van der Waals surface area contributed by atoms with E-state index in [0.717, 1.165) is 25.0 Å². The standard InChI is InChI=1S/C11H22O3S/c1-4-5-6-9(11(13)14-2)10(12)7-8-15-3/h9-10,12H,4-8H2,1-3H3. The summed E-state index contributed by atoms with van der Waals surface area (Å²) < 4.78 is 4.70. The van der Waals surface area contributed by atoms with E-state index >= 15 is 0 Å². The van der Waals surface area contributed by atoms with E-state index in [9.17, 15) is 9.90 Å². The number of carbonyl (C=O) groups is 1. The lowest BCUT2D eigenvalue weighted by molar-refractivity contribution is -0.149. The van der Waals surface area contributed by atoms with E-state index in [4.69, 9.17) is 4.74 Å². The van der Waals surface area contributed by atoms with Crippen molar-refractivity contribution >= 4 is 17.7 Å². The molecule has 0 rings (SSSR count). The number of methoxy groups -OCH3 is 1. The largest absolute Gasteiger partial charge is 0.469 e. The number of carbonyl (C=O) groups excluding carboxylic acids is 1. The molecule has 4 heteroatoms. The van der Waals surface area contributed by atoms with E-state index in [1.54, 1.807) is 11.8 Å². The Balaban J connectivity index is 4.13. The summed E-state index contributed by atoms with van der Waals surface area (Å²) in [7, 11) is 1.38. The minimum Gasteiger partial charge on any atom is -0.469 e. The third kappa shape index (κ3) is 6.05. The number of hydrogen-bond donors (Lipinski definition) is 1. The third-order valence-corrected chi connectivity index (χ3v) is 3.10. The summed E-state index contributed by atoms with van der Waals surface area (Å²) in [5.41, 5.74) is 0. The quantitative estimate of drug-likeness (QED) is 0.653. The van der Waals surface area contributed by atoms with Gasteiger partial charge in [0.05, 0.1) is 19.1 Å². The van der Waals surface area contributed by atoms with Crippen LogP contribution >= 0.6 is 11.8 Å².